The molecule has 6 nitrogen and oxygen atoms in total. The van der Waals surface area contributed by atoms with Gasteiger partial charge in [-0.25, -0.2) is 14.4 Å². The first-order chi connectivity index (χ1) is 17.2. The summed E-state index contributed by atoms with van der Waals surface area (Å²) in [5, 5.41) is 0.00759. The molecule has 0 spiro atoms. The summed E-state index contributed by atoms with van der Waals surface area (Å²) in [7, 11) is 0. The second-order valence-electron chi connectivity index (χ2n) is 9.07. The quantitative estimate of drug-likeness (QED) is 0.413. The first-order valence-electron chi connectivity index (χ1n) is 11.8. The van der Waals surface area contributed by atoms with Crippen LogP contribution in [0.1, 0.15) is 25.3 Å². The normalized spacial score (nSPS) is 18.7. The highest BCUT2D eigenvalue weighted by molar-refractivity contribution is 6.31. The maximum absolute atomic E-state index is 13.8. The van der Waals surface area contributed by atoms with Crippen LogP contribution in [0.3, 0.4) is 0 Å². The minimum atomic E-state index is -4.47. The van der Waals surface area contributed by atoms with Crippen molar-refractivity contribution >= 4 is 29.2 Å². The van der Waals surface area contributed by atoms with Crippen molar-refractivity contribution < 1.29 is 17.6 Å². The number of alkyl halides is 3. The highest BCUT2D eigenvalue weighted by Gasteiger charge is 2.36. The van der Waals surface area contributed by atoms with Gasteiger partial charge in [0.25, 0.3) is 0 Å². The summed E-state index contributed by atoms with van der Waals surface area (Å²) in [5.74, 6) is 0.693. The molecule has 2 fully saturated rings. The van der Waals surface area contributed by atoms with Crippen LogP contribution in [0.2, 0.25) is 5.02 Å². The predicted molar refractivity (Wildman–Crippen MR) is 132 cm³/mol. The average molecular weight is 521 g/mol. The van der Waals surface area contributed by atoms with Crippen molar-refractivity contribution in [3.05, 3.63) is 59.0 Å². The SMILES string of the molecule is CC1CCCN1c1nc(-c2ccc(F)c(Cl)c2)cc(N2CCN(c3ncccc3C(F)(F)F)CC2)n1. The second-order valence-corrected chi connectivity index (χ2v) is 9.48. The van der Waals surface area contributed by atoms with Gasteiger partial charge in [-0.1, -0.05) is 11.6 Å². The van der Waals surface area contributed by atoms with E-state index in [1.54, 1.807) is 11.0 Å². The smallest absolute Gasteiger partial charge is 0.353 e. The molecule has 0 radical (unpaired) electrons. The minimum absolute atomic E-state index is 0.00759. The van der Waals surface area contributed by atoms with Crippen molar-refractivity contribution in [3.8, 4) is 11.3 Å². The van der Waals surface area contributed by atoms with Crippen LogP contribution in [0, 0.1) is 5.82 Å². The molecule has 11 heteroatoms. The summed E-state index contributed by atoms with van der Waals surface area (Å²) in [5.41, 5.74) is 0.545. The fraction of sp³-hybridized carbons (Fsp3) is 0.400. The molecular formula is C25H25ClF4N6. The van der Waals surface area contributed by atoms with E-state index in [1.165, 1.54) is 24.4 Å². The third kappa shape index (κ3) is 4.91. The fourth-order valence-corrected chi connectivity index (χ4v) is 4.94. The van der Waals surface area contributed by atoms with Crippen molar-refractivity contribution in [1.29, 1.82) is 0 Å². The molecule has 1 aromatic carbocycles. The lowest BCUT2D eigenvalue weighted by Gasteiger charge is -2.37. The summed E-state index contributed by atoms with van der Waals surface area (Å²) in [6.07, 6.45) is -1.02. The second kappa shape index (κ2) is 9.72. The van der Waals surface area contributed by atoms with Gasteiger partial charge in [0.2, 0.25) is 5.95 Å². The topological polar surface area (TPSA) is 48.4 Å². The monoisotopic (exact) mass is 520 g/mol. The number of anilines is 3. The molecule has 2 aromatic heterocycles. The Kier molecular flexibility index (Phi) is 6.63. The average Bonchev–Trinajstić information content (AvgIpc) is 3.31. The Bertz CT molecular complexity index is 1250. The molecule has 1 unspecified atom stereocenters. The highest BCUT2D eigenvalue weighted by Crippen LogP contribution is 2.36. The molecule has 0 saturated carbocycles. The Morgan fingerprint density at radius 3 is 2.39 bits per heavy atom. The third-order valence-corrected chi connectivity index (χ3v) is 7.01. The Morgan fingerprint density at radius 2 is 1.72 bits per heavy atom. The summed E-state index contributed by atoms with van der Waals surface area (Å²) in [4.78, 5) is 19.5. The minimum Gasteiger partial charge on any atom is -0.353 e. The number of pyridine rings is 1. The van der Waals surface area contributed by atoms with Crippen LogP contribution in [0.4, 0.5) is 35.1 Å². The van der Waals surface area contributed by atoms with Gasteiger partial charge < -0.3 is 14.7 Å². The van der Waals surface area contributed by atoms with Crippen LogP contribution in [0.15, 0.2) is 42.6 Å². The summed E-state index contributed by atoms with van der Waals surface area (Å²) in [6, 6.07) is 8.94. The van der Waals surface area contributed by atoms with Gasteiger partial charge in [-0.2, -0.15) is 18.2 Å². The van der Waals surface area contributed by atoms with Gasteiger partial charge in [0, 0.05) is 56.6 Å². The van der Waals surface area contributed by atoms with Gasteiger partial charge in [0.05, 0.1) is 16.3 Å². The first-order valence-corrected chi connectivity index (χ1v) is 12.2. The van der Waals surface area contributed by atoms with E-state index >= 15 is 0 Å². The number of aromatic nitrogens is 3. The van der Waals surface area contributed by atoms with E-state index in [9.17, 15) is 17.6 Å². The molecule has 0 amide bonds. The molecule has 5 rings (SSSR count). The molecule has 190 valence electrons. The molecular weight excluding hydrogens is 496 g/mol. The van der Waals surface area contributed by atoms with E-state index in [0.717, 1.165) is 25.5 Å². The Hall–Kier alpha value is -3.14. The number of hydrogen-bond donors (Lipinski definition) is 0. The molecule has 2 aliphatic rings. The van der Waals surface area contributed by atoms with Gasteiger partial charge in [-0.05, 0) is 50.1 Å². The van der Waals surface area contributed by atoms with Crippen LogP contribution >= 0.6 is 11.6 Å². The highest BCUT2D eigenvalue weighted by atomic mass is 35.5. The third-order valence-electron chi connectivity index (χ3n) is 6.72. The fourth-order valence-electron chi connectivity index (χ4n) is 4.76. The Labute approximate surface area is 211 Å². The van der Waals surface area contributed by atoms with Crippen LogP contribution in [0.5, 0.6) is 0 Å². The lowest BCUT2D eigenvalue weighted by molar-refractivity contribution is -0.137. The van der Waals surface area contributed by atoms with Crippen molar-refractivity contribution in [2.45, 2.75) is 32.0 Å². The van der Waals surface area contributed by atoms with Crippen LogP contribution < -0.4 is 14.7 Å². The van der Waals surface area contributed by atoms with E-state index in [2.05, 4.69) is 16.8 Å². The van der Waals surface area contributed by atoms with Crippen LogP contribution in [-0.4, -0.2) is 53.7 Å². The Morgan fingerprint density at radius 1 is 0.972 bits per heavy atom. The molecule has 0 aliphatic carbocycles. The zero-order chi connectivity index (χ0) is 25.4. The lowest BCUT2D eigenvalue weighted by Crippen LogP contribution is -2.47. The number of piperazine rings is 1. The number of benzene rings is 1. The molecule has 3 aromatic rings. The van der Waals surface area contributed by atoms with Gasteiger partial charge in [0.1, 0.15) is 17.5 Å². The van der Waals surface area contributed by atoms with Crippen molar-refractivity contribution in [3.63, 3.8) is 0 Å². The van der Waals surface area contributed by atoms with Gasteiger partial charge >= 0.3 is 6.18 Å². The lowest BCUT2D eigenvalue weighted by atomic mass is 10.1. The van der Waals surface area contributed by atoms with E-state index < -0.39 is 17.6 Å². The molecule has 4 heterocycles. The molecule has 2 aliphatic heterocycles. The summed E-state index contributed by atoms with van der Waals surface area (Å²) >= 11 is 6.03. The van der Waals surface area contributed by atoms with Crippen molar-refractivity contribution in [2.24, 2.45) is 0 Å². The molecule has 0 N–H and O–H groups in total. The van der Waals surface area contributed by atoms with E-state index in [1.807, 2.05) is 11.0 Å². The van der Waals surface area contributed by atoms with E-state index in [-0.39, 0.29) is 16.9 Å². The number of halogens is 5. The van der Waals surface area contributed by atoms with Gasteiger partial charge in [-0.15, -0.1) is 0 Å². The van der Waals surface area contributed by atoms with Crippen molar-refractivity contribution in [1.82, 2.24) is 15.0 Å². The maximum atomic E-state index is 13.8. The number of nitrogens with zero attached hydrogens (tertiary/aromatic N) is 6. The molecule has 2 saturated heterocycles. The molecule has 1 atom stereocenters. The maximum Gasteiger partial charge on any atom is 0.419 e. The van der Waals surface area contributed by atoms with E-state index in [0.29, 0.717) is 49.2 Å². The summed E-state index contributed by atoms with van der Waals surface area (Å²) < 4.78 is 54.3. The van der Waals surface area contributed by atoms with Gasteiger partial charge in [0.15, 0.2) is 0 Å². The predicted octanol–water partition coefficient (Wildman–Crippen LogP) is 5.67. The summed E-state index contributed by atoms with van der Waals surface area (Å²) in [6.45, 7) is 4.60. The molecule has 36 heavy (non-hydrogen) atoms. The van der Waals surface area contributed by atoms with Crippen molar-refractivity contribution in [2.75, 3.05) is 47.4 Å². The largest absolute Gasteiger partial charge is 0.419 e. The Balaban J connectivity index is 1.44. The zero-order valence-corrected chi connectivity index (χ0v) is 20.4. The number of hydrogen-bond acceptors (Lipinski definition) is 6. The number of rotatable bonds is 4. The van der Waals surface area contributed by atoms with Crippen LogP contribution in [0.25, 0.3) is 11.3 Å². The molecule has 0 bridgehead atoms. The zero-order valence-electron chi connectivity index (χ0n) is 19.6. The van der Waals surface area contributed by atoms with Gasteiger partial charge in [-0.3, -0.25) is 0 Å². The standard InChI is InChI=1S/C25H25ClF4N6/c1-16-4-3-9-36(16)24-32-21(17-6-7-20(27)19(26)14-17)15-22(33-24)34-10-12-35(13-11-34)23-18(25(28,29)30)5-2-8-31-23/h2,5-8,14-16H,3-4,9-13H2,1H3. The first kappa shape index (κ1) is 24.5. The van der Waals surface area contributed by atoms with Crippen LogP contribution in [-0.2, 0) is 6.18 Å². The van der Waals surface area contributed by atoms with E-state index in [4.69, 9.17) is 21.6 Å².